The molecule has 2 heteroatoms. The van der Waals surface area contributed by atoms with Crippen LogP contribution in [0.4, 0.5) is 0 Å². The van der Waals surface area contributed by atoms with Crippen LogP contribution in [0.15, 0.2) is 0 Å². The molecule has 98 valence electrons. The minimum absolute atomic E-state index is 0.764. The zero-order valence-electron chi connectivity index (χ0n) is 11.5. The summed E-state index contributed by atoms with van der Waals surface area (Å²) in [5, 5.41) is 3.82. The fraction of sp³-hybridized carbons (Fsp3) is 1.00. The van der Waals surface area contributed by atoms with Crippen molar-refractivity contribution in [3.05, 3.63) is 0 Å². The van der Waals surface area contributed by atoms with Crippen molar-refractivity contribution in [2.75, 3.05) is 19.6 Å². The molecule has 2 saturated carbocycles. The van der Waals surface area contributed by atoms with Crippen LogP contribution < -0.4 is 5.32 Å². The molecular formula is C15H28N2. The number of rotatable bonds is 5. The van der Waals surface area contributed by atoms with E-state index < -0.39 is 0 Å². The van der Waals surface area contributed by atoms with E-state index in [0.29, 0.717) is 0 Å². The summed E-state index contributed by atoms with van der Waals surface area (Å²) in [6.45, 7) is 8.79. The highest BCUT2D eigenvalue weighted by Gasteiger charge is 2.36. The number of likely N-dealkylation sites (tertiary alicyclic amines) is 1. The van der Waals surface area contributed by atoms with Crippen LogP contribution in [0.1, 0.15) is 46.0 Å². The number of nitrogens with one attached hydrogen (secondary N) is 1. The van der Waals surface area contributed by atoms with Gasteiger partial charge in [-0.2, -0.15) is 0 Å². The molecule has 1 saturated heterocycles. The molecule has 1 N–H and O–H groups in total. The Bertz CT molecular complexity index is 258. The number of hydrogen-bond acceptors (Lipinski definition) is 2. The van der Waals surface area contributed by atoms with Gasteiger partial charge in [-0.25, -0.2) is 0 Å². The van der Waals surface area contributed by atoms with Crippen molar-refractivity contribution in [3.8, 4) is 0 Å². The third kappa shape index (κ3) is 3.23. The van der Waals surface area contributed by atoms with Crippen molar-refractivity contribution in [1.82, 2.24) is 10.2 Å². The highest BCUT2D eigenvalue weighted by atomic mass is 15.2. The van der Waals surface area contributed by atoms with Crippen molar-refractivity contribution in [3.63, 3.8) is 0 Å². The van der Waals surface area contributed by atoms with Crippen LogP contribution in [0.2, 0.25) is 0 Å². The highest BCUT2D eigenvalue weighted by Crippen LogP contribution is 2.36. The van der Waals surface area contributed by atoms with Crippen LogP contribution in [-0.2, 0) is 0 Å². The quantitative estimate of drug-likeness (QED) is 0.789. The Morgan fingerprint density at radius 3 is 2.59 bits per heavy atom. The Labute approximate surface area is 106 Å². The number of nitrogens with zero attached hydrogens (tertiary/aromatic N) is 1. The summed E-state index contributed by atoms with van der Waals surface area (Å²) in [7, 11) is 0. The summed E-state index contributed by atoms with van der Waals surface area (Å²) in [4.78, 5) is 2.76. The van der Waals surface area contributed by atoms with Gasteiger partial charge in [-0.05, 0) is 63.3 Å². The Hall–Kier alpha value is -0.0800. The van der Waals surface area contributed by atoms with E-state index in [9.17, 15) is 0 Å². The van der Waals surface area contributed by atoms with Gasteiger partial charge in [0, 0.05) is 25.2 Å². The summed E-state index contributed by atoms with van der Waals surface area (Å²) in [5.74, 6) is 2.91. The molecule has 3 unspecified atom stereocenters. The van der Waals surface area contributed by atoms with Crippen LogP contribution in [0.25, 0.3) is 0 Å². The van der Waals surface area contributed by atoms with Gasteiger partial charge in [0.15, 0.2) is 0 Å². The maximum Gasteiger partial charge on any atom is 0.0198 e. The molecule has 0 aromatic rings. The van der Waals surface area contributed by atoms with Crippen LogP contribution in [0.5, 0.6) is 0 Å². The maximum atomic E-state index is 3.82. The minimum atomic E-state index is 0.764. The molecule has 17 heavy (non-hydrogen) atoms. The lowest BCUT2D eigenvalue weighted by Crippen LogP contribution is -2.52. The second-order valence-electron chi connectivity index (χ2n) is 6.92. The zero-order valence-corrected chi connectivity index (χ0v) is 11.5. The minimum Gasteiger partial charge on any atom is -0.312 e. The lowest BCUT2D eigenvalue weighted by molar-refractivity contribution is 0.100. The largest absolute Gasteiger partial charge is 0.312 e. The van der Waals surface area contributed by atoms with Gasteiger partial charge >= 0.3 is 0 Å². The van der Waals surface area contributed by atoms with E-state index in [1.54, 1.807) is 0 Å². The van der Waals surface area contributed by atoms with Crippen molar-refractivity contribution >= 4 is 0 Å². The van der Waals surface area contributed by atoms with Gasteiger partial charge in [-0.15, -0.1) is 0 Å². The van der Waals surface area contributed by atoms with E-state index in [2.05, 4.69) is 24.1 Å². The summed E-state index contributed by atoms with van der Waals surface area (Å²) in [5.41, 5.74) is 0. The van der Waals surface area contributed by atoms with Crippen LogP contribution in [-0.4, -0.2) is 36.6 Å². The van der Waals surface area contributed by atoms with Crippen molar-refractivity contribution < 1.29 is 0 Å². The standard InChI is InChI=1S/C15H28N2/c1-11-7-15(16-8-13-3-4-13)10-17(9-11)12(2)14-5-6-14/h11-16H,3-10H2,1-2H3. The van der Waals surface area contributed by atoms with Gasteiger partial charge < -0.3 is 5.32 Å². The van der Waals surface area contributed by atoms with E-state index in [4.69, 9.17) is 0 Å². The van der Waals surface area contributed by atoms with E-state index in [-0.39, 0.29) is 0 Å². The molecule has 0 amide bonds. The Morgan fingerprint density at radius 1 is 1.18 bits per heavy atom. The van der Waals surface area contributed by atoms with Gasteiger partial charge in [-0.3, -0.25) is 4.90 Å². The first kappa shape index (κ1) is 12.0. The monoisotopic (exact) mass is 236 g/mol. The molecule has 1 aliphatic heterocycles. The summed E-state index contributed by atoms with van der Waals surface area (Å²) in [6.07, 6.45) is 7.29. The smallest absolute Gasteiger partial charge is 0.0198 e. The normalized spacial score (nSPS) is 37.1. The summed E-state index contributed by atoms with van der Waals surface area (Å²) >= 11 is 0. The molecule has 3 fully saturated rings. The molecule has 2 nitrogen and oxygen atoms in total. The Kier molecular flexibility index (Phi) is 3.45. The summed E-state index contributed by atoms with van der Waals surface area (Å²) in [6, 6.07) is 1.60. The fourth-order valence-electron chi connectivity index (χ4n) is 3.41. The lowest BCUT2D eigenvalue weighted by Gasteiger charge is -2.40. The molecule has 0 spiro atoms. The maximum absolute atomic E-state index is 3.82. The second kappa shape index (κ2) is 4.89. The molecular weight excluding hydrogens is 208 g/mol. The molecule has 3 rings (SSSR count). The molecule has 3 atom stereocenters. The van der Waals surface area contributed by atoms with E-state index in [1.165, 1.54) is 51.7 Å². The third-order valence-electron chi connectivity index (χ3n) is 4.96. The fourth-order valence-corrected chi connectivity index (χ4v) is 3.41. The van der Waals surface area contributed by atoms with Crippen molar-refractivity contribution in [2.45, 2.75) is 58.0 Å². The predicted molar refractivity (Wildman–Crippen MR) is 72.1 cm³/mol. The molecule has 3 aliphatic rings. The van der Waals surface area contributed by atoms with Gasteiger partial charge in [0.2, 0.25) is 0 Å². The van der Waals surface area contributed by atoms with Gasteiger partial charge in [0.05, 0.1) is 0 Å². The molecule has 1 heterocycles. The van der Waals surface area contributed by atoms with Crippen molar-refractivity contribution in [1.29, 1.82) is 0 Å². The first-order valence-electron chi connectivity index (χ1n) is 7.70. The van der Waals surface area contributed by atoms with E-state index in [0.717, 1.165) is 29.8 Å². The zero-order chi connectivity index (χ0) is 11.8. The Morgan fingerprint density at radius 2 is 1.94 bits per heavy atom. The van der Waals surface area contributed by atoms with Gasteiger partial charge in [0.25, 0.3) is 0 Å². The summed E-state index contributed by atoms with van der Waals surface area (Å²) < 4.78 is 0. The number of hydrogen-bond donors (Lipinski definition) is 1. The Balaban J connectivity index is 1.49. The molecule has 0 radical (unpaired) electrons. The SMILES string of the molecule is CC1CC(NCC2CC2)CN(C(C)C2CC2)C1. The second-order valence-corrected chi connectivity index (χ2v) is 6.92. The highest BCUT2D eigenvalue weighted by molar-refractivity contribution is 4.91. The average molecular weight is 236 g/mol. The first-order valence-corrected chi connectivity index (χ1v) is 7.70. The van der Waals surface area contributed by atoms with Gasteiger partial charge in [-0.1, -0.05) is 6.92 Å². The average Bonchev–Trinajstić information content (AvgIpc) is 3.17. The number of piperidine rings is 1. The van der Waals surface area contributed by atoms with E-state index in [1.807, 2.05) is 0 Å². The lowest BCUT2D eigenvalue weighted by atomic mass is 9.94. The molecule has 2 aliphatic carbocycles. The van der Waals surface area contributed by atoms with Crippen molar-refractivity contribution in [2.24, 2.45) is 17.8 Å². The van der Waals surface area contributed by atoms with Crippen LogP contribution in [0, 0.1) is 17.8 Å². The molecule has 0 bridgehead atoms. The van der Waals surface area contributed by atoms with Gasteiger partial charge in [0.1, 0.15) is 0 Å². The first-order chi connectivity index (χ1) is 8.22. The molecule has 0 aromatic carbocycles. The van der Waals surface area contributed by atoms with Crippen LogP contribution >= 0.6 is 0 Å². The molecule has 0 aromatic heterocycles. The topological polar surface area (TPSA) is 15.3 Å². The predicted octanol–water partition coefficient (Wildman–Crippen LogP) is 2.49. The van der Waals surface area contributed by atoms with E-state index >= 15 is 0 Å². The van der Waals surface area contributed by atoms with Crippen LogP contribution in [0.3, 0.4) is 0 Å². The third-order valence-corrected chi connectivity index (χ3v) is 4.96.